The summed E-state index contributed by atoms with van der Waals surface area (Å²) in [6, 6.07) is 5.42. The summed E-state index contributed by atoms with van der Waals surface area (Å²) in [7, 11) is 0. The van der Waals surface area contributed by atoms with Crippen LogP contribution in [0.1, 0.15) is 0 Å². The van der Waals surface area contributed by atoms with Crippen molar-refractivity contribution in [3.63, 3.8) is 0 Å². The Morgan fingerprint density at radius 1 is 1.25 bits per heavy atom. The van der Waals surface area contributed by atoms with Crippen LogP contribution in [0.25, 0.3) is 0 Å². The molecule has 0 radical (unpaired) electrons. The summed E-state index contributed by atoms with van der Waals surface area (Å²) in [4.78, 5) is 0. The first-order valence-corrected chi connectivity index (χ1v) is 5.28. The van der Waals surface area contributed by atoms with Gasteiger partial charge in [0.2, 0.25) is 6.79 Å². The molecule has 0 bridgehead atoms. The fraction of sp³-hybridized carbons (Fsp3) is 0.455. The van der Waals surface area contributed by atoms with E-state index in [0.717, 1.165) is 5.75 Å². The maximum atomic E-state index is 9.60. The van der Waals surface area contributed by atoms with Gasteiger partial charge in [-0.2, -0.15) is 0 Å². The molecule has 1 aromatic rings. The fourth-order valence-corrected chi connectivity index (χ4v) is 1.89. The van der Waals surface area contributed by atoms with Crippen LogP contribution < -0.4 is 19.5 Å². The van der Waals surface area contributed by atoms with Gasteiger partial charge in [0.05, 0.1) is 0 Å². The van der Waals surface area contributed by atoms with Gasteiger partial charge in [0.15, 0.2) is 11.5 Å². The Balaban J connectivity index is 1.75. The third kappa shape index (κ3) is 1.68. The highest BCUT2D eigenvalue weighted by Crippen LogP contribution is 2.35. The van der Waals surface area contributed by atoms with E-state index in [-0.39, 0.29) is 12.9 Å². The third-order valence-corrected chi connectivity index (χ3v) is 2.76. The molecule has 0 saturated carbocycles. The van der Waals surface area contributed by atoms with Crippen LogP contribution in [-0.2, 0) is 0 Å². The number of aliphatic hydroxyl groups excluding tert-OH is 1. The third-order valence-electron chi connectivity index (χ3n) is 2.76. The number of rotatable bonds is 2. The zero-order valence-corrected chi connectivity index (χ0v) is 8.68. The van der Waals surface area contributed by atoms with Crippen molar-refractivity contribution < 1.29 is 19.3 Å². The molecule has 1 fully saturated rings. The quantitative estimate of drug-likeness (QED) is 0.746. The molecule has 5 nitrogen and oxygen atoms in total. The molecule has 5 heteroatoms. The van der Waals surface area contributed by atoms with Crippen LogP contribution in [0.3, 0.4) is 0 Å². The first-order valence-electron chi connectivity index (χ1n) is 5.28. The van der Waals surface area contributed by atoms with E-state index in [1.54, 1.807) is 6.07 Å². The summed E-state index contributed by atoms with van der Waals surface area (Å²) in [5, 5.41) is 12.7. The van der Waals surface area contributed by atoms with Crippen molar-refractivity contribution in [3.8, 4) is 17.2 Å². The molecule has 2 N–H and O–H groups in total. The Morgan fingerprint density at radius 2 is 2.12 bits per heavy atom. The highest BCUT2D eigenvalue weighted by Gasteiger charge is 2.27. The lowest BCUT2D eigenvalue weighted by Crippen LogP contribution is -2.29. The summed E-state index contributed by atoms with van der Waals surface area (Å²) < 4.78 is 16.1. The summed E-state index contributed by atoms with van der Waals surface area (Å²) in [6.07, 6.45) is -0.647. The van der Waals surface area contributed by atoms with E-state index in [2.05, 4.69) is 5.32 Å². The number of β-amino-alcohol motifs (C(OH)–C–C–N with tert-alkyl or cyclic N) is 1. The van der Waals surface area contributed by atoms with Crippen molar-refractivity contribution in [2.45, 2.75) is 12.2 Å². The van der Waals surface area contributed by atoms with Crippen LogP contribution >= 0.6 is 0 Å². The van der Waals surface area contributed by atoms with Gasteiger partial charge in [0, 0.05) is 19.2 Å². The minimum atomic E-state index is -0.453. The number of nitrogens with one attached hydrogen (secondary N) is 1. The van der Waals surface area contributed by atoms with Crippen LogP contribution in [0.15, 0.2) is 18.2 Å². The van der Waals surface area contributed by atoms with Gasteiger partial charge in [-0.05, 0) is 12.1 Å². The lowest BCUT2D eigenvalue weighted by molar-refractivity contribution is 0.0736. The Labute approximate surface area is 92.9 Å². The summed E-state index contributed by atoms with van der Waals surface area (Å²) in [6.45, 7) is 1.50. The van der Waals surface area contributed by atoms with Crippen molar-refractivity contribution in [1.29, 1.82) is 0 Å². The molecule has 2 aliphatic rings. The second-order valence-electron chi connectivity index (χ2n) is 3.90. The second kappa shape index (κ2) is 3.84. The molecule has 2 heterocycles. The Kier molecular flexibility index (Phi) is 2.34. The zero-order valence-electron chi connectivity index (χ0n) is 8.68. The Morgan fingerprint density at radius 3 is 2.94 bits per heavy atom. The van der Waals surface area contributed by atoms with E-state index < -0.39 is 6.10 Å². The average molecular weight is 223 g/mol. The van der Waals surface area contributed by atoms with Gasteiger partial charge >= 0.3 is 0 Å². The minimum Gasteiger partial charge on any atom is -0.486 e. The second-order valence-corrected chi connectivity index (χ2v) is 3.90. The molecular weight excluding hydrogens is 210 g/mol. The smallest absolute Gasteiger partial charge is 0.231 e. The molecule has 3 rings (SSSR count). The largest absolute Gasteiger partial charge is 0.486 e. The molecule has 1 saturated heterocycles. The van der Waals surface area contributed by atoms with Gasteiger partial charge in [0.1, 0.15) is 18.0 Å². The lowest BCUT2D eigenvalue weighted by Gasteiger charge is -2.16. The van der Waals surface area contributed by atoms with E-state index in [1.807, 2.05) is 12.1 Å². The van der Waals surface area contributed by atoms with Crippen molar-refractivity contribution in [1.82, 2.24) is 5.32 Å². The first-order chi connectivity index (χ1) is 7.83. The molecule has 2 atom stereocenters. The molecule has 2 aliphatic heterocycles. The van der Waals surface area contributed by atoms with Crippen LogP contribution in [0, 0.1) is 0 Å². The van der Waals surface area contributed by atoms with Gasteiger partial charge in [-0.25, -0.2) is 0 Å². The van der Waals surface area contributed by atoms with Crippen LogP contribution in [0.2, 0.25) is 0 Å². The standard InChI is InChI=1S/C11H13NO4/c13-8-4-12-5-11(8)16-7-1-2-9-10(3-7)15-6-14-9/h1-3,8,11-13H,4-6H2. The SMILES string of the molecule is OC1CNCC1Oc1ccc2c(c1)OCO2. The van der Waals surface area contributed by atoms with E-state index in [9.17, 15) is 5.11 Å². The fourth-order valence-electron chi connectivity index (χ4n) is 1.89. The van der Waals surface area contributed by atoms with Crippen LogP contribution in [-0.4, -0.2) is 37.2 Å². The summed E-state index contributed by atoms with van der Waals surface area (Å²) >= 11 is 0. The number of fused-ring (bicyclic) bond motifs is 1. The summed E-state index contributed by atoms with van der Waals surface area (Å²) in [5.41, 5.74) is 0. The normalized spacial score (nSPS) is 27.1. The number of aliphatic hydroxyl groups is 1. The maximum Gasteiger partial charge on any atom is 0.231 e. The highest BCUT2D eigenvalue weighted by molar-refractivity contribution is 5.46. The van der Waals surface area contributed by atoms with Crippen LogP contribution in [0.5, 0.6) is 17.2 Å². The summed E-state index contributed by atoms with van der Waals surface area (Å²) in [5.74, 6) is 2.12. The van der Waals surface area contributed by atoms with Gasteiger partial charge in [-0.1, -0.05) is 0 Å². The molecular formula is C11H13NO4. The monoisotopic (exact) mass is 223 g/mol. The van der Waals surface area contributed by atoms with Crippen molar-refractivity contribution in [2.75, 3.05) is 19.9 Å². The van der Waals surface area contributed by atoms with E-state index in [4.69, 9.17) is 14.2 Å². The lowest BCUT2D eigenvalue weighted by atomic mass is 10.2. The first kappa shape index (κ1) is 9.74. The van der Waals surface area contributed by atoms with Gasteiger partial charge in [-0.3, -0.25) is 0 Å². The number of benzene rings is 1. The van der Waals surface area contributed by atoms with Gasteiger partial charge in [-0.15, -0.1) is 0 Å². The molecule has 0 aromatic heterocycles. The van der Waals surface area contributed by atoms with Crippen molar-refractivity contribution in [2.24, 2.45) is 0 Å². The number of hydrogen-bond donors (Lipinski definition) is 2. The van der Waals surface area contributed by atoms with Gasteiger partial charge in [0.25, 0.3) is 0 Å². The predicted molar refractivity (Wildman–Crippen MR) is 55.9 cm³/mol. The van der Waals surface area contributed by atoms with E-state index in [1.165, 1.54) is 0 Å². The Hall–Kier alpha value is -1.46. The number of ether oxygens (including phenoxy) is 3. The number of hydrogen-bond acceptors (Lipinski definition) is 5. The maximum absolute atomic E-state index is 9.60. The molecule has 0 spiro atoms. The molecule has 0 aliphatic carbocycles. The molecule has 1 aromatic carbocycles. The van der Waals surface area contributed by atoms with Crippen molar-refractivity contribution in [3.05, 3.63) is 18.2 Å². The van der Waals surface area contributed by atoms with E-state index >= 15 is 0 Å². The Bertz CT molecular complexity index is 396. The van der Waals surface area contributed by atoms with E-state index in [0.29, 0.717) is 24.6 Å². The molecule has 16 heavy (non-hydrogen) atoms. The van der Waals surface area contributed by atoms with Crippen molar-refractivity contribution >= 4 is 0 Å². The topological polar surface area (TPSA) is 60.0 Å². The highest BCUT2D eigenvalue weighted by atomic mass is 16.7. The zero-order chi connectivity index (χ0) is 11.0. The van der Waals surface area contributed by atoms with Crippen LogP contribution in [0.4, 0.5) is 0 Å². The minimum absolute atomic E-state index is 0.194. The molecule has 2 unspecified atom stereocenters. The van der Waals surface area contributed by atoms with Gasteiger partial charge < -0.3 is 24.6 Å². The molecule has 0 amide bonds. The average Bonchev–Trinajstić information content (AvgIpc) is 2.88. The molecule has 86 valence electrons. The predicted octanol–water partition coefficient (Wildman–Crippen LogP) is 0.127.